The lowest BCUT2D eigenvalue weighted by Gasteiger charge is -2.25. The second-order valence-corrected chi connectivity index (χ2v) is 7.14. The van der Waals surface area contributed by atoms with Gasteiger partial charge in [0, 0.05) is 25.1 Å². The van der Waals surface area contributed by atoms with Gasteiger partial charge in [-0.2, -0.15) is 0 Å². The lowest BCUT2D eigenvalue weighted by atomic mass is 10.1. The van der Waals surface area contributed by atoms with E-state index in [0.717, 1.165) is 56.0 Å². The fourth-order valence-electron chi connectivity index (χ4n) is 4.08. The maximum Gasteiger partial charge on any atom is 0.254 e. The van der Waals surface area contributed by atoms with Gasteiger partial charge in [-0.25, -0.2) is 0 Å². The van der Waals surface area contributed by atoms with Crippen LogP contribution in [0.3, 0.4) is 0 Å². The van der Waals surface area contributed by atoms with Crippen molar-refractivity contribution < 1.29 is 4.79 Å². The summed E-state index contributed by atoms with van der Waals surface area (Å²) in [6.07, 6.45) is 7.63. The Bertz CT molecular complexity index is 750. The molecule has 0 N–H and O–H groups in total. The van der Waals surface area contributed by atoms with Crippen molar-refractivity contribution in [2.24, 2.45) is 0 Å². The van der Waals surface area contributed by atoms with Crippen LogP contribution < -0.4 is 0 Å². The largest absolute Gasteiger partial charge is 0.328 e. The molecule has 1 fully saturated rings. The molecule has 1 atom stereocenters. The van der Waals surface area contributed by atoms with Crippen molar-refractivity contribution in [2.45, 2.75) is 64.5 Å². The van der Waals surface area contributed by atoms with Crippen LogP contribution in [0.4, 0.5) is 0 Å². The van der Waals surface area contributed by atoms with E-state index in [4.69, 9.17) is 0 Å². The molecule has 132 valence electrons. The van der Waals surface area contributed by atoms with Gasteiger partial charge in [0.05, 0.1) is 6.04 Å². The molecule has 0 spiro atoms. The fraction of sp³-hybridized carbons (Fsp3) is 0.550. The summed E-state index contributed by atoms with van der Waals surface area (Å²) < 4.78 is 2.28. The highest BCUT2D eigenvalue weighted by molar-refractivity contribution is 5.94. The Balaban J connectivity index is 1.60. The van der Waals surface area contributed by atoms with E-state index in [9.17, 15) is 4.79 Å². The van der Waals surface area contributed by atoms with Crippen molar-refractivity contribution in [2.75, 3.05) is 6.54 Å². The summed E-state index contributed by atoms with van der Waals surface area (Å²) in [6, 6.07) is 8.10. The van der Waals surface area contributed by atoms with Gasteiger partial charge in [-0.3, -0.25) is 4.79 Å². The quantitative estimate of drug-likeness (QED) is 0.860. The number of carbonyl (C=O) groups is 1. The van der Waals surface area contributed by atoms with E-state index >= 15 is 0 Å². The van der Waals surface area contributed by atoms with Crippen LogP contribution in [0.25, 0.3) is 0 Å². The third kappa shape index (κ3) is 3.08. The van der Waals surface area contributed by atoms with Crippen molar-refractivity contribution in [1.82, 2.24) is 19.7 Å². The molecule has 5 nitrogen and oxygen atoms in total. The van der Waals surface area contributed by atoms with Gasteiger partial charge in [0.2, 0.25) is 0 Å². The second-order valence-electron chi connectivity index (χ2n) is 7.14. The normalized spacial score (nSPS) is 20.4. The van der Waals surface area contributed by atoms with Gasteiger partial charge in [-0.05, 0) is 49.8 Å². The SMILES string of the molecule is CCc1ccc(C(=O)N2CCCC2c2nnc3n2CCCCC3)cc1. The molecule has 2 aliphatic heterocycles. The van der Waals surface area contributed by atoms with E-state index in [0.29, 0.717) is 0 Å². The Morgan fingerprint density at radius 2 is 1.92 bits per heavy atom. The molecular weight excluding hydrogens is 312 g/mol. The third-order valence-corrected chi connectivity index (χ3v) is 5.56. The molecule has 1 saturated heterocycles. The van der Waals surface area contributed by atoms with E-state index in [-0.39, 0.29) is 11.9 Å². The number of rotatable bonds is 3. The van der Waals surface area contributed by atoms with Crippen LogP contribution in [-0.4, -0.2) is 32.1 Å². The first kappa shape index (κ1) is 16.3. The first-order valence-corrected chi connectivity index (χ1v) is 9.60. The van der Waals surface area contributed by atoms with Crippen LogP contribution in [0.2, 0.25) is 0 Å². The minimum absolute atomic E-state index is 0.0673. The molecule has 2 aliphatic rings. The number of nitrogens with zero attached hydrogens (tertiary/aromatic N) is 4. The Morgan fingerprint density at radius 1 is 1.08 bits per heavy atom. The van der Waals surface area contributed by atoms with Crippen LogP contribution in [0.5, 0.6) is 0 Å². The number of hydrogen-bond acceptors (Lipinski definition) is 3. The predicted octanol–water partition coefficient (Wildman–Crippen LogP) is 3.54. The molecule has 0 radical (unpaired) electrons. The summed E-state index contributed by atoms with van der Waals surface area (Å²) >= 11 is 0. The van der Waals surface area contributed by atoms with Crippen molar-refractivity contribution in [3.63, 3.8) is 0 Å². The summed E-state index contributed by atoms with van der Waals surface area (Å²) in [4.78, 5) is 15.1. The fourth-order valence-corrected chi connectivity index (χ4v) is 4.08. The zero-order valence-corrected chi connectivity index (χ0v) is 14.9. The number of amides is 1. The number of benzene rings is 1. The number of aromatic nitrogens is 3. The van der Waals surface area contributed by atoms with Gasteiger partial charge in [-0.1, -0.05) is 25.5 Å². The minimum atomic E-state index is 0.0673. The van der Waals surface area contributed by atoms with E-state index in [1.165, 1.54) is 24.8 Å². The maximum atomic E-state index is 13.1. The molecule has 1 aromatic carbocycles. The Hall–Kier alpha value is -2.17. The number of carbonyl (C=O) groups excluding carboxylic acids is 1. The molecule has 2 aromatic rings. The van der Waals surface area contributed by atoms with Crippen molar-refractivity contribution >= 4 is 5.91 Å². The number of fused-ring (bicyclic) bond motifs is 1. The predicted molar refractivity (Wildman–Crippen MR) is 96.4 cm³/mol. The molecule has 0 saturated carbocycles. The van der Waals surface area contributed by atoms with E-state index in [2.05, 4.69) is 33.8 Å². The molecule has 0 bridgehead atoms. The average Bonchev–Trinajstić information content (AvgIpc) is 3.22. The van der Waals surface area contributed by atoms with Crippen molar-refractivity contribution in [3.05, 3.63) is 47.0 Å². The molecule has 0 aliphatic carbocycles. The van der Waals surface area contributed by atoms with Gasteiger partial charge in [-0.15, -0.1) is 10.2 Å². The average molecular weight is 338 g/mol. The first-order chi connectivity index (χ1) is 12.3. The number of likely N-dealkylation sites (tertiary alicyclic amines) is 1. The summed E-state index contributed by atoms with van der Waals surface area (Å²) in [5.74, 6) is 2.21. The lowest BCUT2D eigenvalue weighted by molar-refractivity contribution is 0.0727. The maximum absolute atomic E-state index is 13.1. The molecule has 1 unspecified atom stereocenters. The molecule has 5 heteroatoms. The lowest BCUT2D eigenvalue weighted by Crippen LogP contribution is -2.32. The zero-order chi connectivity index (χ0) is 17.2. The molecule has 3 heterocycles. The van der Waals surface area contributed by atoms with Crippen LogP contribution >= 0.6 is 0 Å². The van der Waals surface area contributed by atoms with Gasteiger partial charge in [0.1, 0.15) is 5.82 Å². The highest BCUT2D eigenvalue weighted by Gasteiger charge is 2.34. The van der Waals surface area contributed by atoms with Gasteiger partial charge < -0.3 is 9.47 Å². The van der Waals surface area contributed by atoms with Crippen molar-refractivity contribution in [3.8, 4) is 0 Å². The van der Waals surface area contributed by atoms with Gasteiger partial charge in [0.25, 0.3) is 5.91 Å². The Kier molecular flexibility index (Phi) is 4.55. The molecule has 25 heavy (non-hydrogen) atoms. The van der Waals surface area contributed by atoms with Crippen LogP contribution in [0.1, 0.15) is 72.6 Å². The number of hydrogen-bond donors (Lipinski definition) is 0. The summed E-state index contributed by atoms with van der Waals surface area (Å²) in [7, 11) is 0. The van der Waals surface area contributed by atoms with E-state index in [1.54, 1.807) is 0 Å². The highest BCUT2D eigenvalue weighted by atomic mass is 16.2. The van der Waals surface area contributed by atoms with Crippen molar-refractivity contribution in [1.29, 1.82) is 0 Å². The molecular formula is C20H26N4O. The van der Waals surface area contributed by atoms with Crippen LogP contribution in [-0.2, 0) is 19.4 Å². The van der Waals surface area contributed by atoms with E-state index < -0.39 is 0 Å². The van der Waals surface area contributed by atoms with Gasteiger partial charge >= 0.3 is 0 Å². The molecule has 4 rings (SSSR count). The number of aryl methyl sites for hydroxylation is 2. The second kappa shape index (κ2) is 6.98. The minimum Gasteiger partial charge on any atom is -0.328 e. The summed E-state index contributed by atoms with van der Waals surface area (Å²) in [6.45, 7) is 3.92. The highest BCUT2D eigenvalue weighted by Crippen LogP contribution is 2.33. The van der Waals surface area contributed by atoms with E-state index in [1.807, 2.05) is 17.0 Å². The smallest absolute Gasteiger partial charge is 0.254 e. The Morgan fingerprint density at radius 3 is 2.72 bits per heavy atom. The summed E-state index contributed by atoms with van der Waals surface area (Å²) in [5, 5.41) is 8.92. The molecule has 1 amide bonds. The van der Waals surface area contributed by atoms with Crippen LogP contribution in [0.15, 0.2) is 24.3 Å². The Labute approximate surface area is 149 Å². The summed E-state index contributed by atoms with van der Waals surface area (Å²) in [5.41, 5.74) is 2.04. The van der Waals surface area contributed by atoms with Crippen LogP contribution in [0, 0.1) is 0 Å². The standard InChI is InChI=1S/C20H26N4O/c1-2-15-9-11-16(12-10-15)20(25)23-14-6-7-17(23)19-22-21-18-8-4-3-5-13-24(18)19/h9-12,17H,2-8,13-14H2,1H3. The third-order valence-electron chi connectivity index (χ3n) is 5.56. The first-order valence-electron chi connectivity index (χ1n) is 9.60. The monoisotopic (exact) mass is 338 g/mol. The zero-order valence-electron chi connectivity index (χ0n) is 14.9. The molecule has 1 aromatic heterocycles. The topological polar surface area (TPSA) is 51.0 Å². The van der Waals surface area contributed by atoms with Gasteiger partial charge in [0.15, 0.2) is 5.82 Å².